The number of aromatic nitrogens is 1. The highest BCUT2D eigenvalue weighted by molar-refractivity contribution is 6.12. The van der Waals surface area contributed by atoms with Crippen LogP contribution in [0, 0.1) is 0 Å². The van der Waals surface area contributed by atoms with Gasteiger partial charge in [-0.15, -0.1) is 0 Å². The van der Waals surface area contributed by atoms with Crippen LogP contribution in [0.2, 0.25) is 0 Å². The third-order valence-corrected chi connectivity index (χ3v) is 4.35. The van der Waals surface area contributed by atoms with Gasteiger partial charge in [-0.2, -0.15) is 0 Å². The standard InChI is InChI=1S/C19H15NO4/c1-3-20-15-7-5-4-6-13(15)17-16(18(20)21)12-9-8-11(23-2)10-14(12)19(22)24-17/h4-10H,3H2,1-2H3. The van der Waals surface area contributed by atoms with Crippen LogP contribution >= 0.6 is 0 Å². The van der Waals surface area contributed by atoms with Crippen LogP contribution in [-0.4, -0.2) is 11.7 Å². The maximum atomic E-state index is 13.0. The molecule has 4 rings (SSSR count). The highest BCUT2D eigenvalue weighted by Crippen LogP contribution is 2.28. The van der Waals surface area contributed by atoms with E-state index < -0.39 is 5.63 Å². The molecule has 120 valence electrons. The van der Waals surface area contributed by atoms with Gasteiger partial charge in [0.15, 0.2) is 5.58 Å². The minimum Gasteiger partial charge on any atom is -0.497 e. The molecule has 0 saturated heterocycles. The number of fused-ring (bicyclic) bond motifs is 5. The summed E-state index contributed by atoms with van der Waals surface area (Å²) >= 11 is 0. The van der Waals surface area contributed by atoms with E-state index in [1.807, 2.05) is 31.2 Å². The van der Waals surface area contributed by atoms with E-state index in [1.54, 1.807) is 22.8 Å². The summed E-state index contributed by atoms with van der Waals surface area (Å²) in [4.78, 5) is 25.5. The zero-order valence-corrected chi connectivity index (χ0v) is 13.3. The Morgan fingerprint density at radius 1 is 1.04 bits per heavy atom. The maximum absolute atomic E-state index is 13.0. The smallest absolute Gasteiger partial charge is 0.344 e. The molecule has 0 fully saturated rings. The fraction of sp³-hybridized carbons (Fsp3) is 0.158. The first-order valence-corrected chi connectivity index (χ1v) is 7.71. The van der Waals surface area contributed by atoms with Crippen LogP contribution < -0.4 is 15.9 Å². The lowest BCUT2D eigenvalue weighted by atomic mass is 10.1. The molecule has 0 aliphatic carbocycles. The zero-order chi connectivity index (χ0) is 16.8. The van der Waals surface area contributed by atoms with Crippen LogP contribution in [0.3, 0.4) is 0 Å². The molecular weight excluding hydrogens is 306 g/mol. The highest BCUT2D eigenvalue weighted by atomic mass is 16.5. The van der Waals surface area contributed by atoms with Gasteiger partial charge in [-0.3, -0.25) is 4.79 Å². The van der Waals surface area contributed by atoms with E-state index in [1.165, 1.54) is 7.11 Å². The molecule has 0 aliphatic rings. The van der Waals surface area contributed by atoms with Crippen molar-refractivity contribution in [3.05, 3.63) is 63.2 Å². The third kappa shape index (κ3) is 1.88. The van der Waals surface area contributed by atoms with Crippen LogP contribution in [0.4, 0.5) is 0 Å². The van der Waals surface area contributed by atoms with Gasteiger partial charge in [0.1, 0.15) is 5.75 Å². The minimum atomic E-state index is -0.477. The first-order valence-electron chi connectivity index (χ1n) is 7.71. The molecule has 24 heavy (non-hydrogen) atoms. The van der Waals surface area contributed by atoms with Crippen molar-refractivity contribution < 1.29 is 9.15 Å². The quantitative estimate of drug-likeness (QED) is 0.532. The molecule has 0 unspecified atom stereocenters. The Labute approximate surface area is 136 Å². The molecule has 0 atom stereocenters. The predicted octanol–water partition coefficient (Wildman–Crippen LogP) is 3.29. The summed E-state index contributed by atoms with van der Waals surface area (Å²) < 4.78 is 12.4. The lowest BCUT2D eigenvalue weighted by Crippen LogP contribution is -2.21. The number of pyridine rings is 1. The maximum Gasteiger partial charge on any atom is 0.344 e. The lowest BCUT2D eigenvalue weighted by molar-refractivity contribution is 0.415. The predicted molar refractivity (Wildman–Crippen MR) is 94.0 cm³/mol. The van der Waals surface area contributed by atoms with Crippen LogP contribution in [0.15, 0.2) is 56.5 Å². The van der Waals surface area contributed by atoms with Crippen molar-refractivity contribution in [1.29, 1.82) is 0 Å². The Kier molecular flexibility index (Phi) is 3.16. The molecule has 0 amide bonds. The van der Waals surface area contributed by atoms with E-state index in [2.05, 4.69) is 0 Å². The summed E-state index contributed by atoms with van der Waals surface area (Å²) in [5.74, 6) is 0.547. The van der Waals surface area contributed by atoms with Gasteiger partial charge >= 0.3 is 5.63 Å². The number of benzene rings is 2. The van der Waals surface area contributed by atoms with Gasteiger partial charge in [-0.25, -0.2) is 4.79 Å². The number of aryl methyl sites for hydroxylation is 1. The van der Waals surface area contributed by atoms with Crippen LogP contribution in [0.5, 0.6) is 5.75 Å². The van der Waals surface area contributed by atoms with Crippen LogP contribution in [0.25, 0.3) is 32.6 Å². The molecule has 0 spiro atoms. The van der Waals surface area contributed by atoms with Crippen molar-refractivity contribution in [3.63, 3.8) is 0 Å². The molecule has 0 aliphatic heterocycles. The van der Waals surface area contributed by atoms with E-state index in [0.717, 1.165) is 10.9 Å². The third-order valence-electron chi connectivity index (χ3n) is 4.35. The van der Waals surface area contributed by atoms with E-state index >= 15 is 0 Å². The first-order chi connectivity index (χ1) is 11.7. The van der Waals surface area contributed by atoms with Crippen molar-refractivity contribution in [3.8, 4) is 5.75 Å². The molecule has 4 aromatic rings. The summed E-state index contributed by atoms with van der Waals surface area (Å²) in [6.07, 6.45) is 0. The summed E-state index contributed by atoms with van der Waals surface area (Å²) in [5, 5.41) is 2.11. The second-order valence-corrected chi connectivity index (χ2v) is 5.57. The Morgan fingerprint density at radius 3 is 2.58 bits per heavy atom. The number of para-hydroxylation sites is 1. The number of methoxy groups -OCH3 is 1. The fourth-order valence-electron chi connectivity index (χ4n) is 3.22. The summed E-state index contributed by atoms with van der Waals surface area (Å²) in [7, 11) is 1.53. The van der Waals surface area contributed by atoms with E-state index in [9.17, 15) is 9.59 Å². The lowest BCUT2D eigenvalue weighted by Gasteiger charge is -2.12. The largest absolute Gasteiger partial charge is 0.497 e. The Bertz CT molecular complexity index is 1220. The van der Waals surface area contributed by atoms with Crippen molar-refractivity contribution in [2.75, 3.05) is 7.11 Å². The van der Waals surface area contributed by atoms with Crippen LogP contribution in [0.1, 0.15) is 6.92 Å². The summed E-state index contributed by atoms with van der Waals surface area (Å²) in [6, 6.07) is 12.5. The van der Waals surface area contributed by atoms with Gasteiger partial charge in [0.25, 0.3) is 5.56 Å². The molecule has 2 heterocycles. The average Bonchev–Trinajstić information content (AvgIpc) is 2.62. The fourth-order valence-corrected chi connectivity index (χ4v) is 3.22. The molecular formula is C19H15NO4. The number of hydrogen-bond donors (Lipinski definition) is 0. The first kappa shape index (κ1) is 14.5. The topological polar surface area (TPSA) is 61.4 Å². The average molecular weight is 321 g/mol. The second kappa shape index (κ2) is 5.23. The van der Waals surface area contributed by atoms with Gasteiger partial charge in [0, 0.05) is 17.3 Å². The van der Waals surface area contributed by atoms with Crippen molar-refractivity contribution in [2.24, 2.45) is 0 Å². The monoisotopic (exact) mass is 321 g/mol. The van der Waals surface area contributed by atoms with E-state index in [4.69, 9.17) is 9.15 Å². The Balaban J connectivity index is 2.36. The minimum absolute atomic E-state index is 0.162. The highest BCUT2D eigenvalue weighted by Gasteiger charge is 2.17. The molecule has 5 heteroatoms. The van der Waals surface area contributed by atoms with Crippen molar-refractivity contribution in [2.45, 2.75) is 13.5 Å². The molecule has 0 bridgehead atoms. The Morgan fingerprint density at radius 2 is 1.83 bits per heavy atom. The van der Waals surface area contributed by atoms with Crippen molar-refractivity contribution >= 4 is 32.6 Å². The molecule has 0 saturated carbocycles. The Hall–Kier alpha value is -3.08. The number of ether oxygens (including phenoxy) is 1. The molecule has 0 radical (unpaired) electrons. The van der Waals surface area contributed by atoms with E-state index in [-0.39, 0.29) is 5.56 Å². The van der Waals surface area contributed by atoms with Gasteiger partial charge in [0.2, 0.25) is 0 Å². The van der Waals surface area contributed by atoms with Crippen molar-refractivity contribution in [1.82, 2.24) is 4.57 Å². The molecule has 0 N–H and O–H groups in total. The zero-order valence-electron chi connectivity index (χ0n) is 13.3. The second-order valence-electron chi connectivity index (χ2n) is 5.57. The SMILES string of the molecule is CCn1c(=O)c2c3ccc(OC)cc3c(=O)oc2c2ccccc21. The number of nitrogens with zero attached hydrogens (tertiary/aromatic N) is 1. The summed E-state index contributed by atoms with van der Waals surface area (Å²) in [5.41, 5.74) is 0.455. The normalized spacial score (nSPS) is 11.4. The van der Waals surface area contributed by atoms with Gasteiger partial charge in [0.05, 0.1) is 23.4 Å². The molecule has 5 nitrogen and oxygen atoms in total. The van der Waals surface area contributed by atoms with Gasteiger partial charge < -0.3 is 13.7 Å². The van der Waals surface area contributed by atoms with E-state index in [0.29, 0.717) is 34.0 Å². The molecule has 2 aromatic carbocycles. The molecule has 2 aromatic heterocycles. The van der Waals surface area contributed by atoms with Gasteiger partial charge in [-0.05, 0) is 37.3 Å². The summed E-state index contributed by atoms with van der Waals surface area (Å²) in [6.45, 7) is 2.45. The van der Waals surface area contributed by atoms with Crippen LogP contribution in [-0.2, 0) is 6.54 Å². The number of rotatable bonds is 2. The number of hydrogen-bond acceptors (Lipinski definition) is 4. The van der Waals surface area contributed by atoms with Gasteiger partial charge in [-0.1, -0.05) is 12.1 Å².